The van der Waals surface area contributed by atoms with E-state index in [4.69, 9.17) is 8.94 Å². The van der Waals surface area contributed by atoms with Crippen LogP contribution in [0.1, 0.15) is 30.8 Å². The molecule has 1 amide bonds. The first-order valence-corrected chi connectivity index (χ1v) is 8.33. The number of rotatable bonds is 4. The lowest BCUT2D eigenvalue weighted by atomic mass is 9.98. The average Bonchev–Trinajstić information content (AvgIpc) is 3.26. The van der Waals surface area contributed by atoms with Gasteiger partial charge in [0.2, 0.25) is 5.91 Å². The smallest absolute Gasteiger partial charge is 0.253 e. The predicted octanol–water partition coefficient (Wildman–Crippen LogP) is 2.36. The first-order chi connectivity index (χ1) is 12.0. The second kappa shape index (κ2) is 6.00. The number of para-hydroxylation sites is 1. The van der Waals surface area contributed by atoms with Crippen molar-refractivity contribution < 1.29 is 13.7 Å². The van der Waals surface area contributed by atoms with Crippen molar-refractivity contribution in [2.24, 2.45) is 0 Å². The highest BCUT2D eigenvalue weighted by molar-refractivity contribution is 5.77. The molecule has 0 saturated carbocycles. The summed E-state index contributed by atoms with van der Waals surface area (Å²) in [5, 5.41) is 7.99. The molecule has 3 heterocycles. The number of benzene rings is 1. The first kappa shape index (κ1) is 15.8. The third-order valence-electron chi connectivity index (χ3n) is 4.56. The Morgan fingerprint density at radius 3 is 2.96 bits per heavy atom. The number of aryl methyl sites for hydroxylation is 1. The van der Waals surface area contributed by atoms with Gasteiger partial charge >= 0.3 is 0 Å². The molecular formula is C18H20N4O3. The molecule has 1 fully saturated rings. The van der Waals surface area contributed by atoms with Gasteiger partial charge in [0.1, 0.15) is 16.9 Å². The molecule has 25 heavy (non-hydrogen) atoms. The molecular weight excluding hydrogens is 320 g/mol. The second-order valence-electron chi connectivity index (χ2n) is 6.62. The van der Waals surface area contributed by atoms with Gasteiger partial charge in [0.25, 0.3) is 5.89 Å². The lowest BCUT2D eigenvalue weighted by Crippen LogP contribution is -2.47. The van der Waals surface area contributed by atoms with E-state index in [-0.39, 0.29) is 5.91 Å². The fraction of sp³-hybridized carbons (Fsp3) is 0.389. The molecule has 1 aliphatic heterocycles. The summed E-state index contributed by atoms with van der Waals surface area (Å²) >= 11 is 0. The summed E-state index contributed by atoms with van der Waals surface area (Å²) in [6.45, 7) is 5.36. The van der Waals surface area contributed by atoms with Gasteiger partial charge in [-0.05, 0) is 25.5 Å². The number of carbonyl (C=O) groups is 1. The van der Waals surface area contributed by atoms with E-state index in [2.05, 4.69) is 26.4 Å². The van der Waals surface area contributed by atoms with Crippen molar-refractivity contribution in [3.05, 3.63) is 47.8 Å². The number of aromatic nitrogens is 2. The van der Waals surface area contributed by atoms with Gasteiger partial charge in [-0.1, -0.05) is 23.4 Å². The fourth-order valence-corrected chi connectivity index (χ4v) is 3.52. The third kappa shape index (κ3) is 3.02. The van der Waals surface area contributed by atoms with Gasteiger partial charge in [0.15, 0.2) is 5.82 Å². The summed E-state index contributed by atoms with van der Waals surface area (Å²) in [6.07, 6.45) is 0.717. The molecule has 7 nitrogen and oxygen atoms in total. The minimum atomic E-state index is -0.640. The SMILES string of the molecule is CC(=O)NC1(c2nc(C)no2)CCN(Cc2cc3ccccc3o2)C1. The molecule has 1 aliphatic rings. The molecule has 7 heteroatoms. The van der Waals surface area contributed by atoms with Crippen LogP contribution in [-0.4, -0.2) is 34.0 Å². The summed E-state index contributed by atoms with van der Waals surface area (Å²) in [7, 11) is 0. The average molecular weight is 340 g/mol. The van der Waals surface area contributed by atoms with Crippen LogP contribution in [0.5, 0.6) is 0 Å². The van der Waals surface area contributed by atoms with Crippen LogP contribution in [0.2, 0.25) is 0 Å². The van der Waals surface area contributed by atoms with Crippen LogP contribution in [-0.2, 0) is 16.9 Å². The molecule has 3 aromatic rings. The summed E-state index contributed by atoms with van der Waals surface area (Å²) in [6, 6.07) is 10.0. The van der Waals surface area contributed by atoms with Crippen LogP contribution in [0.25, 0.3) is 11.0 Å². The zero-order valence-corrected chi connectivity index (χ0v) is 14.3. The predicted molar refractivity (Wildman–Crippen MR) is 90.6 cm³/mol. The standard InChI is InChI=1S/C18H20N4O3/c1-12-19-17(25-21-12)18(20-13(2)23)7-8-22(11-18)10-15-9-14-5-3-4-6-16(14)24-15/h3-6,9H,7-8,10-11H2,1-2H3,(H,20,23). The highest BCUT2D eigenvalue weighted by atomic mass is 16.5. The van der Waals surface area contributed by atoms with Crippen molar-refractivity contribution in [1.29, 1.82) is 0 Å². The third-order valence-corrected chi connectivity index (χ3v) is 4.56. The molecule has 1 N–H and O–H groups in total. The Hall–Kier alpha value is -2.67. The van der Waals surface area contributed by atoms with Gasteiger partial charge in [0.05, 0.1) is 6.54 Å². The number of nitrogens with zero attached hydrogens (tertiary/aromatic N) is 3. The van der Waals surface area contributed by atoms with Gasteiger partial charge in [-0.15, -0.1) is 0 Å². The number of hydrogen-bond donors (Lipinski definition) is 1. The maximum absolute atomic E-state index is 11.7. The molecule has 0 spiro atoms. The van der Waals surface area contributed by atoms with Crippen molar-refractivity contribution in [3.8, 4) is 0 Å². The largest absolute Gasteiger partial charge is 0.460 e. The Morgan fingerprint density at radius 1 is 1.40 bits per heavy atom. The Kier molecular flexibility index (Phi) is 3.80. The molecule has 0 radical (unpaired) electrons. The zero-order valence-electron chi connectivity index (χ0n) is 14.3. The molecule has 2 aromatic heterocycles. The maximum atomic E-state index is 11.7. The topological polar surface area (TPSA) is 84.4 Å². The summed E-state index contributed by atoms with van der Waals surface area (Å²) in [5.74, 6) is 1.82. The number of hydrogen-bond acceptors (Lipinski definition) is 6. The minimum absolute atomic E-state index is 0.110. The van der Waals surface area contributed by atoms with E-state index >= 15 is 0 Å². The van der Waals surface area contributed by atoms with E-state index in [9.17, 15) is 4.79 Å². The number of amides is 1. The lowest BCUT2D eigenvalue weighted by molar-refractivity contribution is -0.121. The van der Waals surface area contributed by atoms with Crippen LogP contribution in [0.4, 0.5) is 0 Å². The number of furan rings is 1. The van der Waals surface area contributed by atoms with Gasteiger partial charge in [-0.25, -0.2) is 0 Å². The first-order valence-electron chi connectivity index (χ1n) is 8.33. The van der Waals surface area contributed by atoms with E-state index in [1.165, 1.54) is 6.92 Å². The highest BCUT2D eigenvalue weighted by Gasteiger charge is 2.45. The lowest BCUT2D eigenvalue weighted by Gasteiger charge is -2.26. The normalized spacial score (nSPS) is 21.0. The Bertz CT molecular complexity index is 883. The van der Waals surface area contributed by atoms with E-state index < -0.39 is 5.54 Å². The van der Waals surface area contributed by atoms with Gasteiger partial charge in [0, 0.05) is 25.4 Å². The van der Waals surface area contributed by atoms with E-state index in [1.807, 2.05) is 24.3 Å². The number of likely N-dealkylation sites (tertiary alicyclic amines) is 1. The van der Waals surface area contributed by atoms with Crippen molar-refractivity contribution in [1.82, 2.24) is 20.4 Å². The summed E-state index contributed by atoms with van der Waals surface area (Å²) in [5.41, 5.74) is 0.247. The van der Waals surface area contributed by atoms with Gasteiger partial charge in [-0.2, -0.15) is 4.98 Å². The molecule has 1 atom stereocenters. The second-order valence-corrected chi connectivity index (χ2v) is 6.62. The minimum Gasteiger partial charge on any atom is -0.460 e. The number of nitrogens with one attached hydrogen (secondary N) is 1. The van der Waals surface area contributed by atoms with Crippen LogP contribution < -0.4 is 5.32 Å². The van der Waals surface area contributed by atoms with E-state index in [1.54, 1.807) is 6.92 Å². The maximum Gasteiger partial charge on any atom is 0.253 e. The number of fused-ring (bicyclic) bond motifs is 1. The monoisotopic (exact) mass is 340 g/mol. The van der Waals surface area contributed by atoms with Crippen molar-refractivity contribution in [2.75, 3.05) is 13.1 Å². The van der Waals surface area contributed by atoms with Crippen molar-refractivity contribution in [2.45, 2.75) is 32.4 Å². The molecule has 0 bridgehead atoms. The summed E-state index contributed by atoms with van der Waals surface area (Å²) < 4.78 is 11.3. The molecule has 4 rings (SSSR count). The molecule has 1 unspecified atom stereocenters. The summed E-state index contributed by atoms with van der Waals surface area (Å²) in [4.78, 5) is 18.3. The highest BCUT2D eigenvalue weighted by Crippen LogP contribution is 2.32. The van der Waals surface area contributed by atoms with Crippen LogP contribution in [0.3, 0.4) is 0 Å². The quantitative estimate of drug-likeness (QED) is 0.785. The zero-order chi connectivity index (χ0) is 17.4. The Balaban J connectivity index is 1.55. The Labute approximate surface area is 145 Å². The van der Waals surface area contributed by atoms with Gasteiger partial charge in [-0.3, -0.25) is 9.69 Å². The van der Waals surface area contributed by atoms with Crippen LogP contribution in [0.15, 0.2) is 39.3 Å². The molecule has 1 aromatic carbocycles. The van der Waals surface area contributed by atoms with E-state index in [0.29, 0.717) is 31.2 Å². The van der Waals surface area contributed by atoms with Crippen molar-refractivity contribution >= 4 is 16.9 Å². The fourth-order valence-electron chi connectivity index (χ4n) is 3.52. The molecule has 0 aliphatic carbocycles. The van der Waals surface area contributed by atoms with Crippen LogP contribution >= 0.6 is 0 Å². The number of carbonyl (C=O) groups excluding carboxylic acids is 1. The van der Waals surface area contributed by atoms with Crippen molar-refractivity contribution in [3.63, 3.8) is 0 Å². The molecule has 130 valence electrons. The molecule has 1 saturated heterocycles. The van der Waals surface area contributed by atoms with Gasteiger partial charge < -0.3 is 14.3 Å². The van der Waals surface area contributed by atoms with E-state index in [0.717, 1.165) is 23.3 Å². The van der Waals surface area contributed by atoms with Crippen LogP contribution in [0, 0.1) is 6.92 Å². The Morgan fingerprint density at radius 2 is 2.24 bits per heavy atom.